The molecule has 0 N–H and O–H groups in total. The van der Waals surface area contributed by atoms with E-state index in [1.807, 2.05) is 11.3 Å². The Morgan fingerprint density at radius 1 is 0.615 bits per heavy atom. The van der Waals surface area contributed by atoms with Crippen molar-refractivity contribution in [1.29, 1.82) is 0 Å². The summed E-state index contributed by atoms with van der Waals surface area (Å²) < 4.78 is 2.73. The van der Waals surface area contributed by atoms with Crippen LogP contribution in [0.2, 0.25) is 0 Å². The number of rotatable bonds is 2. The third-order valence-electron chi connectivity index (χ3n) is 4.94. The lowest BCUT2D eigenvalue weighted by Gasteiger charge is -2.09. The highest BCUT2D eigenvalue weighted by Gasteiger charge is 2.15. The molecule has 5 aromatic rings. The molecule has 0 fully saturated rings. The molecule has 0 saturated heterocycles. The van der Waals surface area contributed by atoms with Gasteiger partial charge in [0.05, 0.1) is 0 Å². The standard InChI is InChI=1S/C25H18S/c1-17-12-15-23-22(16-17)24-20(18-8-4-2-5-9-18)13-14-21(25(24)26-23)19-10-6-3-7-11-19/h2-16H,1H3. The minimum atomic E-state index is 1.28. The Morgan fingerprint density at radius 3 is 1.92 bits per heavy atom. The number of aryl methyl sites for hydroxylation is 1. The molecule has 1 heteroatoms. The minimum absolute atomic E-state index is 1.28. The van der Waals surface area contributed by atoms with Gasteiger partial charge in [0.15, 0.2) is 0 Å². The van der Waals surface area contributed by atoms with Crippen LogP contribution >= 0.6 is 11.3 Å². The molecule has 124 valence electrons. The second kappa shape index (κ2) is 6.12. The zero-order valence-electron chi connectivity index (χ0n) is 14.6. The molecule has 0 radical (unpaired) electrons. The van der Waals surface area contributed by atoms with Crippen LogP contribution in [0.1, 0.15) is 5.56 Å². The first-order valence-corrected chi connectivity index (χ1v) is 9.69. The van der Waals surface area contributed by atoms with Crippen molar-refractivity contribution in [2.75, 3.05) is 0 Å². The molecule has 0 amide bonds. The van der Waals surface area contributed by atoms with E-state index in [0.29, 0.717) is 0 Å². The Morgan fingerprint density at radius 2 is 1.23 bits per heavy atom. The number of benzene rings is 4. The SMILES string of the molecule is Cc1ccc2sc3c(-c4ccccc4)ccc(-c4ccccc4)c3c2c1. The van der Waals surface area contributed by atoms with Crippen molar-refractivity contribution in [2.45, 2.75) is 6.92 Å². The molecule has 0 aliphatic heterocycles. The summed E-state index contributed by atoms with van der Waals surface area (Å²) in [4.78, 5) is 0. The van der Waals surface area contributed by atoms with E-state index < -0.39 is 0 Å². The van der Waals surface area contributed by atoms with Crippen LogP contribution in [0.4, 0.5) is 0 Å². The van der Waals surface area contributed by atoms with E-state index in [0.717, 1.165) is 0 Å². The van der Waals surface area contributed by atoms with Crippen LogP contribution in [0, 0.1) is 6.92 Å². The molecule has 1 heterocycles. The van der Waals surface area contributed by atoms with Crippen molar-refractivity contribution in [2.24, 2.45) is 0 Å². The summed E-state index contributed by atoms with van der Waals surface area (Å²) in [7, 11) is 0. The van der Waals surface area contributed by atoms with Gasteiger partial charge < -0.3 is 0 Å². The summed E-state index contributed by atoms with van der Waals surface area (Å²) >= 11 is 1.90. The Kier molecular flexibility index (Phi) is 3.62. The van der Waals surface area contributed by atoms with Crippen molar-refractivity contribution < 1.29 is 0 Å². The molecule has 0 spiro atoms. The van der Waals surface area contributed by atoms with Crippen LogP contribution in [0.15, 0.2) is 91.0 Å². The Labute approximate surface area is 157 Å². The topological polar surface area (TPSA) is 0 Å². The molecule has 0 nitrogen and oxygen atoms in total. The van der Waals surface area contributed by atoms with E-state index in [9.17, 15) is 0 Å². The zero-order chi connectivity index (χ0) is 17.5. The van der Waals surface area contributed by atoms with Crippen LogP contribution in [0.5, 0.6) is 0 Å². The second-order valence-electron chi connectivity index (χ2n) is 6.70. The lowest BCUT2D eigenvalue weighted by molar-refractivity contribution is 1.52. The van der Waals surface area contributed by atoms with Crippen molar-refractivity contribution >= 4 is 31.5 Å². The van der Waals surface area contributed by atoms with Crippen molar-refractivity contribution in [3.05, 3.63) is 96.6 Å². The average molecular weight is 350 g/mol. The van der Waals surface area contributed by atoms with Crippen LogP contribution in [0.3, 0.4) is 0 Å². The molecule has 0 atom stereocenters. The fraction of sp³-hybridized carbons (Fsp3) is 0.0400. The molecule has 0 unspecified atom stereocenters. The largest absolute Gasteiger partial charge is 0.135 e. The maximum absolute atomic E-state index is 2.33. The number of thiophene rings is 1. The highest BCUT2D eigenvalue weighted by molar-refractivity contribution is 7.26. The number of fused-ring (bicyclic) bond motifs is 3. The van der Waals surface area contributed by atoms with Gasteiger partial charge in [-0.15, -0.1) is 11.3 Å². The second-order valence-corrected chi connectivity index (χ2v) is 7.75. The van der Waals surface area contributed by atoms with E-state index >= 15 is 0 Å². The first kappa shape index (κ1) is 15.4. The maximum Gasteiger partial charge on any atom is 0.0440 e. The lowest BCUT2D eigenvalue weighted by atomic mass is 9.94. The maximum atomic E-state index is 2.33. The Hall–Kier alpha value is -2.90. The lowest BCUT2D eigenvalue weighted by Crippen LogP contribution is -1.83. The van der Waals surface area contributed by atoms with Crippen LogP contribution in [0.25, 0.3) is 42.4 Å². The summed E-state index contributed by atoms with van der Waals surface area (Å²) in [5.41, 5.74) is 6.50. The van der Waals surface area contributed by atoms with E-state index in [4.69, 9.17) is 0 Å². The molecule has 0 aliphatic carbocycles. The fourth-order valence-corrected chi connectivity index (χ4v) is 4.94. The molecular formula is C25H18S. The molecule has 5 rings (SSSR count). The molecule has 1 aromatic heterocycles. The summed E-state index contributed by atoms with van der Waals surface area (Å²) in [6.45, 7) is 2.17. The van der Waals surface area contributed by atoms with Gasteiger partial charge in [-0.05, 0) is 41.3 Å². The van der Waals surface area contributed by atoms with Gasteiger partial charge in [-0.25, -0.2) is 0 Å². The Bertz CT molecular complexity index is 1210. The fourth-order valence-electron chi connectivity index (χ4n) is 3.70. The van der Waals surface area contributed by atoms with E-state index in [1.54, 1.807) is 0 Å². The van der Waals surface area contributed by atoms with Crippen LogP contribution < -0.4 is 0 Å². The normalized spacial score (nSPS) is 11.3. The van der Waals surface area contributed by atoms with Gasteiger partial charge in [0, 0.05) is 20.2 Å². The molecular weight excluding hydrogens is 332 g/mol. The van der Waals surface area contributed by atoms with Gasteiger partial charge in [-0.2, -0.15) is 0 Å². The highest BCUT2D eigenvalue weighted by atomic mass is 32.1. The third-order valence-corrected chi connectivity index (χ3v) is 6.15. The predicted molar refractivity (Wildman–Crippen MR) is 115 cm³/mol. The summed E-state index contributed by atoms with van der Waals surface area (Å²) in [5.74, 6) is 0. The van der Waals surface area contributed by atoms with Gasteiger partial charge in [0.1, 0.15) is 0 Å². The smallest absolute Gasteiger partial charge is 0.0440 e. The first-order valence-electron chi connectivity index (χ1n) is 8.88. The van der Waals surface area contributed by atoms with Gasteiger partial charge in [0.25, 0.3) is 0 Å². The molecule has 0 saturated carbocycles. The summed E-state index contributed by atoms with van der Waals surface area (Å²) in [6, 6.07) is 32.8. The summed E-state index contributed by atoms with van der Waals surface area (Å²) in [6.07, 6.45) is 0. The number of hydrogen-bond acceptors (Lipinski definition) is 1. The van der Waals surface area contributed by atoms with Crippen LogP contribution in [-0.4, -0.2) is 0 Å². The van der Waals surface area contributed by atoms with E-state index in [-0.39, 0.29) is 0 Å². The zero-order valence-corrected chi connectivity index (χ0v) is 15.4. The minimum Gasteiger partial charge on any atom is -0.135 e. The summed E-state index contributed by atoms with van der Waals surface area (Å²) in [5, 5.41) is 2.74. The van der Waals surface area contributed by atoms with E-state index in [2.05, 4.69) is 97.9 Å². The van der Waals surface area contributed by atoms with Crippen molar-refractivity contribution in [1.82, 2.24) is 0 Å². The quantitative estimate of drug-likeness (QED) is 0.306. The Balaban J connectivity index is 1.93. The van der Waals surface area contributed by atoms with Gasteiger partial charge >= 0.3 is 0 Å². The first-order chi connectivity index (χ1) is 12.8. The monoisotopic (exact) mass is 350 g/mol. The third kappa shape index (κ3) is 2.44. The average Bonchev–Trinajstić information content (AvgIpc) is 3.07. The highest BCUT2D eigenvalue weighted by Crippen LogP contribution is 2.44. The molecule has 26 heavy (non-hydrogen) atoms. The van der Waals surface area contributed by atoms with Crippen LogP contribution in [-0.2, 0) is 0 Å². The van der Waals surface area contributed by atoms with E-state index in [1.165, 1.54) is 48.0 Å². The van der Waals surface area contributed by atoms with Gasteiger partial charge in [0.2, 0.25) is 0 Å². The number of hydrogen-bond donors (Lipinski definition) is 0. The molecule has 0 aliphatic rings. The van der Waals surface area contributed by atoms with Gasteiger partial charge in [-0.1, -0.05) is 84.4 Å². The molecule has 4 aromatic carbocycles. The van der Waals surface area contributed by atoms with Crippen molar-refractivity contribution in [3.8, 4) is 22.3 Å². The molecule has 0 bridgehead atoms. The predicted octanol–water partition coefficient (Wildman–Crippen LogP) is 7.70. The van der Waals surface area contributed by atoms with Crippen molar-refractivity contribution in [3.63, 3.8) is 0 Å². The van der Waals surface area contributed by atoms with Gasteiger partial charge in [-0.3, -0.25) is 0 Å².